The third-order valence-electron chi connectivity index (χ3n) is 5.30. The zero-order valence-corrected chi connectivity index (χ0v) is 15.1. The average Bonchev–Trinajstić information content (AvgIpc) is 2.68. The van der Waals surface area contributed by atoms with Gasteiger partial charge in [-0.05, 0) is 61.1 Å². The topological polar surface area (TPSA) is 104 Å². The number of nitriles is 1. The van der Waals surface area contributed by atoms with Crippen molar-refractivity contribution in [3.8, 4) is 17.2 Å². The lowest BCUT2D eigenvalue weighted by Gasteiger charge is -2.45. The number of benzene rings is 2. The highest BCUT2D eigenvalue weighted by atomic mass is 15.4. The average molecular weight is 358 g/mol. The maximum absolute atomic E-state index is 9.11. The lowest BCUT2D eigenvalue weighted by atomic mass is 9.87. The van der Waals surface area contributed by atoms with Crippen molar-refractivity contribution < 1.29 is 0 Å². The second kappa shape index (κ2) is 6.76. The van der Waals surface area contributed by atoms with Crippen LogP contribution in [0.2, 0.25) is 0 Å². The quantitative estimate of drug-likeness (QED) is 0.859. The Balaban J connectivity index is 1.70. The number of aliphatic imine (C=N–C) groups is 2. The summed E-state index contributed by atoms with van der Waals surface area (Å²) in [6.45, 7) is 0. The van der Waals surface area contributed by atoms with E-state index in [2.05, 4.69) is 11.1 Å². The van der Waals surface area contributed by atoms with E-state index in [1.165, 1.54) is 6.42 Å². The Bertz CT molecular complexity index is 945. The van der Waals surface area contributed by atoms with Gasteiger partial charge in [0, 0.05) is 5.69 Å². The van der Waals surface area contributed by atoms with Gasteiger partial charge in [0.1, 0.15) is 5.66 Å². The predicted molar refractivity (Wildman–Crippen MR) is 108 cm³/mol. The first-order valence-corrected chi connectivity index (χ1v) is 9.22. The van der Waals surface area contributed by atoms with Crippen LogP contribution >= 0.6 is 0 Å². The third kappa shape index (κ3) is 3.13. The molecular formula is C21H22N6. The highest BCUT2D eigenvalue weighted by Crippen LogP contribution is 2.39. The van der Waals surface area contributed by atoms with Gasteiger partial charge in [0.15, 0.2) is 0 Å². The Morgan fingerprint density at radius 2 is 1.70 bits per heavy atom. The van der Waals surface area contributed by atoms with Crippen LogP contribution in [0.5, 0.6) is 0 Å². The summed E-state index contributed by atoms with van der Waals surface area (Å²) in [7, 11) is 0. The number of anilines is 1. The Kier molecular flexibility index (Phi) is 4.28. The molecule has 2 aromatic carbocycles. The van der Waals surface area contributed by atoms with Crippen LogP contribution in [-0.4, -0.2) is 17.6 Å². The Morgan fingerprint density at radius 3 is 2.41 bits per heavy atom. The molecule has 1 saturated carbocycles. The van der Waals surface area contributed by atoms with Crippen LogP contribution < -0.4 is 16.4 Å². The molecule has 0 aromatic heterocycles. The lowest BCUT2D eigenvalue weighted by molar-refractivity contribution is 0.305. The summed E-state index contributed by atoms with van der Waals surface area (Å²) in [5.74, 6) is 0.652. The maximum Gasteiger partial charge on any atom is 0.220 e. The fraction of sp³-hybridized carbons (Fsp3) is 0.286. The molecule has 0 unspecified atom stereocenters. The van der Waals surface area contributed by atoms with Gasteiger partial charge in [0.05, 0.1) is 11.6 Å². The predicted octanol–water partition coefficient (Wildman–Crippen LogP) is 3.34. The number of guanidine groups is 2. The van der Waals surface area contributed by atoms with Crippen LogP contribution in [0.4, 0.5) is 5.69 Å². The Morgan fingerprint density at radius 1 is 0.963 bits per heavy atom. The Hall–Kier alpha value is -3.33. The molecule has 1 aliphatic heterocycles. The van der Waals surface area contributed by atoms with E-state index >= 15 is 0 Å². The summed E-state index contributed by atoms with van der Waals surface area (Å²) < 4.78 is 0. The van der Waals surface area contributed by atoms with Crippen molar-refractivity contribution >= 4 is 17.6 Å². The number of nitrogens with zero attached hydrogens (tertiary/aromatic N) is 4. The molecule has 0 bridgehead atoms. The van der Waals surface area contributed by atoms with Crippen LogP contribution in [0.15, 0.2) is 58.5 Å². The molecule has 1 aliphatic carbocycles. The van der Waals surface area contributed by atoms with Gasteiger partial charge >= 0.3 is 0 Å². The van der Waals surface area contributed by atoms with Crippen molar-refractivity contribution in [3.05, 3.63) is 54.1 Å². The molecule has 2 aromatic rings. The van der Waals surface area contributed by atoms with Crippen molar-refractivity contribution in [1.82, 2.24) is 0 Å². The van der Waals surface area contributed by atoms with Gasteiger partial charge in [-0.15, -0.1) is 0 Å². The van der Waals surface area contributed by atoms with E-state index in [1.54, 1.807) is 6.07 Å². The molecule has 0 saturated heterocycles. The lowest BCUT2D eigenvalue weighted by Crippen LogP contribution is -2.58. The summed E-state index contributed by atoms with van der Waals surface area (Å²) in [5.41, 5.74) is 15.4. The molecule has 27 heavy (non-hydrogen) atoms. The van der Waals surface area contributed by atoms with E-state index in [-0.39, 0.29) is 5.96 Å². The van der Waals surface area contributed by atoms with E-state index in [9.17, 15) is 0 Å². The van der Waals surface area contributed by atoms with Crippen LogP contribution in [0.3, 0.4) is 0 Å². The monoisotopic (exact) mass is 358 g/mol. The van der Waals surface area contributed by atoms with Gasteiger partial charge in [0.2, 0.25) is 11.9 Å². The summed E-state index contributed by atoms with van der Waals surface area (Å²) in [6, 6.07) is 17.9. The molecule has 0 amide bonds. The minimum absolute atomic E-state index is 0.260. The van der Waals surface area contributed by atoms with E-state index < -0.39 is 5.66 Å². The first-order valence-electron chi connectivity index (χ1n) is 9.22. The van der Waals surface area contributed by atoms with Gasteiger partial charge in [-0.1, -0.05) is 30.7 Å². The zero-order chi connectivity index (χ0) is 18.9. The van der Waals surface area contributed by atoms with E-state index in [1.807, 2.05) is 47.4 Å². The molecule has 0 radical (unpaired) electrons. The van der Waals surface area contributed by atoms with Gasteiger partial charge in [-0.2, -0.15) is 10.3 Å². The van der Waals surface area contributed by atoms with Crippen molar-refractivity contribution in [2.75, 3.05) is 4.90 Å². The van der Waals surface area contributed by atoms with E-state index in [0.29, 0.717) is 11.5 Å². The van der Waals surface area contributed by atoms with Crippen molar-refractivity contribution in [2.24, 2.45) is 21.5 Å². The summed E-state index contributed by atoms with van der Waals surface area (Å²) in [4.78, 5) is 10.9. The van der Waals surface area contributed by atoms with Crippen LogP contribution in [0, 0.1) is 11.3 Å². The first kappa shape index (κ1) is 17.1. The minimum Gasteiger partial charge on any atom is -0.369 e. The first-order chi connectivity index (χ1) is 13.1. The smallest absolute Gasteiger partial charge is 0.220 e. The molecular weight excluding hydrogens is 336 g/mol. The fourth-order valence-corrected chi connectivity index (χ4v) is 4.07. The molecule has 1 fully saturated rings. The molecule has 1 heterocycles. The SMILES string of the molecule is N#Cc1cccc(-c2ccc(N3C(N)=NC(N)=NC34CCCCC4)cc2)c1. The normalized spacial score (nSPS) is 18.6. The number of hydrogen-bond acceptors (Lipinski definition) is 6. The summed E-state index contributed by atoms with van der Waals surface area (Å²) in [5, 5.41) is 9.11. The molecule has 0 atom stereocenters. The summed E-state index contributed by atoms with van der Waals surface area (Å²) in [6.07, 6.45) is 5.22. The zero-order valence-electron chi connectivity index (χ0n) is 15.1. The fourth-order valence-electron chi connectivity index (χ4n) is 4.07. The minimum atomic E-state index is -0.434. The van der Waals surface area contributed by atoms with E-state index in [0.717, 1.165) is 42.5 Å². The van der Waals surface area contributed by atoms with Gasteiger partial charge in [-0.3, -0.25) is 4.90 Å². The second-order valence-electron chi connectivity index (χ2n) is 7.06. The molecule has 2 aliphatic rings. The summed E-state index contributed by atoms with van der Waals surface area (Å²) >= 11 is 0. The standard InChI is InChI=1S/C21H22N6/c22-14-15-5-4-6-17(13-15)16-7-9-18(10-8-16)27-20(24)25-19(23)26-21(27)11-2-1-3-12-21/h4-10,13H,1-3,11-12H2,(H4,23,24,25,26). The van der Waals surface area contributed by atoms with Crippen molar-refractivity contribution in [2.45, 2.75) is 37.8 Å². The Labute approximate surface area is 158 Å². The van der Waals surface area contributed by atoms with Crippen LogP contribution in [0.1, 0.15) is 37.7 Å². The molecule has 4 N–H and O–H groups in total. The van der Waals surface area contributed by atoms with Crippen LogP contribution in [-0.2, 0) is 0 Å². The molecule has 6 nitrogen and oxygen atoms in total. The number of hydrogen-bond donors (Lipinski definition) is 2. The highest BCUT2D eigenvalue weighted by molar-refractivity contribution is 6.05. The largest absolute Gasteiger partial charge is 0.369 e. The molecule has 136 valence electrons. The van der Waals surface area contributed by atoms with Gasteiger partial charge in [-0.25, -0.2) is 4.99 Å². The van der Waals surface area contributed by atoms with Gasteiger partial charge in [0.25, 0.3) is 0 Å². The molecule has 4 rings (SSSR count). The third-order valence-corrected chi connectivity index (χ3v) is 5.30. The molecule has 1 spiro atoms. The maximum atomic E-state index is 9.11. The second-order valence-corrected chi connectivity index (χ2v) is 7.06. The number of rotatable bonds is 2. The van der Waals surface area contributed by atoms with Crippen molar-refractivity contribution in [1.29, 1.82) is 5.26 Å². The molecule has 6 heteroatoms. The highest BCUT2D eigenvalue weighted by Gasteiger charge is 2.42. The van der Waals surface area contributed by atoms with Gasteiger partial charge < -0.3 is 11.5 Å². The van der Waals surface area contributed by atoms with Crippen molar-refractivity contribution in [3.63, 3.8) is 0 Å². The number of nitrogens with two attached hydrogens (primary N) is 2. The van der Waals surface area contributed by atoms with E-state index in [4.69, 9.17) is 21.7 Å². The van der Waals surface area contributed by atoms with Crippen LogP contribution in [0.25, 0.3) is 11.1 Å².